The maximum Gasteiger partial charge on any atom is 0.397 e. The van der Waals surface area contributed by atoms with Crippen LogP contribution in [0.5, 0.6) is 0 Å². The minimum absolute atomic E-state index is 0.263. The van der Waals surface area contributed by atoms with Gasteiger partial charge < -0.3 is 40.3 Å². The number of hydrogen-bond acceptors (Lipinski definition) is 11. The van der Waals surface area contributed by atoms with Crippen LogP contribution in [0, 0.1) is 0 Å². The van der Waals surface area contributed by atoms with Crippen LogP contribution in [0.3, 0.4) is 0 Å². The van der Waals surface area contributed by atoms with E-state index in [0.717, 1.165) is 38.5 Å². The molecule has 1 aliphatic heterocycles. The summed E-state index contributed by atoms with van der Waals surface area (Å²) in [5.41, 5.74) is 0. The molecule has 1 heterocycles. The Labute approximate surface area is 289 Å². The van der Waals surface area contributed by atoms with Crippen LogP contribution in [0.25, 0.3) is 0 Å². The third kappa shape index (κ3) is 20.0. The van der Waals surface area contributed by atoms with Gasteiger partial charge in [-0.3, -0.25) is 9.35 Å². The van der Waals surface area contributed by atoms with Crippen molar-refractivity contribution in [2.45, 2.75) is 198 Å². The van der Waals surface area contributed by atoms with Gasteiger partial charge in [0.25, 0.3) is 0 Å². The molecule has 0 saturated carbocycles. The number of nitrogens with one attached hydrogen (secondary N) is 1. The van der Waals surface area contributed by atoms with Crippen molar-refractivity contribution < 1.29 is 57.0 Å². The second-order valence-electron chi connectivity index (χ2n) is 13.3. The van der Waals surface area contributed by atoms with E-state index in [2.05, 4.69) is 23.3 Å². The number of aliphatic hydroxyl groups excluding tert-OH is 5. The van der Waals surface area contributed by atoms with Crippen LogP contribution in [-0.4, -0.2) is 107 Å². The van der Waals surface area contributed by atoms with Crippen molar-refractivity contribution in [2.24, 2.45) is 0 Å². The highest BCUT2D eigenvalue weighted by Crippen LogP contribution is 2.26. The van der Waals surface area contributed by atoms with E-state index in [-0.39, 0.29) is 6.42 Å². The SMILES string of the molecule is CCCCCCCCCCCCC(O)C(=O)NC(COC1OC(CO)C(O)C(OS(=O)(=O)O)C1O)C(O)CCCCCCCCCCC. The zero-order valence-corrected chi connectivity index (χ0v) is 30.2. The molecule has 13 nitrogen and oxygen atoms in total. The number of unbranched alkanes of at least 4 members (excludes halogenated alkanes) is 17. The number of carbonyl (C=O) groups excluding carboxylic acids is 1. The van der Waals surface area contributed by atoms with Crippen LogP contribution < -0.4 is 5.32 Å². The molecule has 1 saturated heterocycles. The van der Waals surface area contributed by atoms with Crippen molar-refractivity contribution in [2.75, 3.05) is 13.2 Å². The molecule has 8 unspecified atom stereocenters. The maximum absolute atomic E-state index is 12.9. The van der Waals surface area contributed by atoms with Crippen LogP contribution in [0.15, 0.2) is 0 Å². The second kappa shape index (κ2) is 26.8. The Morgan fingerprint density at radius 3 is 1.67 bits per heavy atom. The predicted molar refractivity (Wildman–Crippen MR) is 182 cm³/mol. The maximum atomic E-state index is 12.9. The Balaban J connectivity index is 2.71. The van der Waals surface area contributed by atoms with E-state index in [9.17, 15) is 38.7 Å². The highest BCUT2D eigenvalue weighted by Gasteiger charge is 2.48. The van der Waals surface area contributed by atoms with E-state index in [1.807, 2.05) is 0 Å². The van der Waals surface area contributed by atoms with Gasteiger partial charge in [-0.15, -0.1) is 0 Å². The summed E-state index contributed by atoms with van der Waals surface area (Å²) in [5.74, 6) is -0.674. The first-order valence-corrected chi connectivity index (χ1v) is 19.9. The lowest BCUT2D eigenvalue weighted by molar-refractivity contribution is -0.298. The van der Waals surface area contributed by atoms with Gasteiger partial charge in [-0.1, -0.05) is 136 Å². The molecular formula is C34H67NO12S. The zero-order valence-electron chi connectivity index (χ0n) is 29.4. The van der Waals surface area contributed by atoms with Gasteiger partial charge in [0.15, 0.2) is 6.29 Å². The predicted octanol–water partition coefficient (Wildman–Crippen LogP) is 4.07. The molecule has 0 aromatic rings. The fourth-order valence-corrected chi connectivity index (χ4v) is 6.50. The number of rotatable bonds is 30. The summed E-state index contributed by atoms with van der Waals surface area (Å²) in [6.07, 6.45) is 10.5. The number of hydrogen-bond donors (Lipinski definition) is 7. The van der Waals surface area contributed by atoms with Gasteiger partial charge in [-0.25, -0.2) is 4.18 Å². The molecule has 0 aromatic carbocycles. The van der Waals surface area contributed by atoms with Crippen LogP contribution in [0.1, 0.15) is 149 Å². The quantitative estimate of drug-likeness (QED) is 0.0415. The summed E-state index contributed by atoms with van der Waals surface area (Å²) < 4.78 is 47.2. The van der Waals surface area contributed by atoms with Gasteiger partial charge in [0.05, 0.1) is 25.4 Å². The van der Waals surface area contributed by atoms with Crippen LogP contribution in [-0.2, 0) is 28.9 Å². The molecule has 286 valence electrons. The van der Waals surface area contributed by atoms with Crippen LogP contribution in [0.2, 0.25) is 0 Å². The lowest BCUT2D eigenvalue weighted by Gasteiger charge is -2.41. The minimum atomic E-state index is -5.09. The third-order valence-electron chi connectivity index (χ3n) is 9.02. The Morgan fingerprint density at radius 2 is 1.21 bits per heavy atom. The van der Waals surface area contributed by atoms with E-state index in [0.29, 0.717) is 19.3 Å². The van der Waals surface area contributed by atoms with E-state index in [1.54, 1.807) is 0 Å². The molecule has 1 fully saturated rings. The van der Waals surface area contributed by atoms with Crippen LogP contribution >= 0.6 is 0 Å². The fraction of sp³-hybridized carbons (Fsp3) is 0.971. The summed E-state index contributed by atoms with van der Waals surface area (Å²) >= 11 is 0. The summed E-state index contributed by atoms with van der Waals surface area (Å²) in [6, 6.07) is -1.02. The van der Waals surface area contributed by atoms with E-state index >= 15 is 0 Å². The molecule has 48 heavy (non-hydrogen) atoms. The highest BCUT2D eigenvalue weighted by atomic mass is 32.3. The summed E-state index contributed by atoms with van der Waals surface area (Å²) in [7, 11) is -5.09. The number of amides is 1. The highest BCUT2D eigenvalue weighted by molar-refractivity contribution is 7.80. The molecule has 1 rings (SSSR count). The zero-order chi connectivity index (χ0) is 35.8. The molecule has 14 heteroatoms. The summed E-state index contributed by atoms with van der Waals surface area (Å²) in [5, 5.41) is 54.8. The minimum Gasteiger partial charge on any atom is -0.394 e. The normalized spacial score (nSPS) is 23.5. The van der Waals surface area contributed by atoms with Gasteiger partial charge in [-0.2, -0.15) is 8.42 Å². The molecule has 0 radical (unpaired) electrons. The molecule has 0 spiro atoms. The van der Waals surface area contributed by atoms with Gasteiger partial charge in [-0.05, 0) is 12.8 Å². The summed E-state index contributed by atoms with van der Waals surface area (Å²) in [4.78, 5) is 12.9. The average Bonchev–Trinajstić information content (AvgIpc) is 3.05. The van der Waals surface area contributed by atoms with Crippen LogP contribution in [0.4, 0.5) is 0 Å². The molecule has 1 amide bonds. The lowest BCUT2D eigenvalue weighted by Crippen LogP contribution is -2.61. The van der Waals surface area contributed by atoms with Crippen molar-refractivity contribution >= 4 is 16.3 Å². The number of aliphatic hydroxyl groups is 5. The lowest BCUT2D eigenvalue weighted by atomic mass is 9.99. The van der Waals surface area contributed by atoms with Crippen molar-refractivity contribution in [1.82, 2.24) is 5.32 Å². The van der Waals surface area contributed by atoms with Gasteiger partial charge in [0.2, 0.25) is 5.91 Å². The first kappa shape index (κ1) is 45.1. The average molecular weight is 714 g/mol. The third-order valence-corrected chi connectivity index (χ3v) is 9.49. The standard InChI is InChI=1S/C34H67NO12S/c1-3-5-7-9-11-13-15-17-19-21-23-28(38)33(41)35-26(27(37)22-20-18-16-14-12-10-8-6-4-2)25-45-34-31(40)32(47-48(42,43)44)30(39)29(24-36)46-34/h26-32,34,36-40H,3-25H2,1-2H3,(H,35,41)(H,42,43,44). The van der Waals surface area contributed by atoms with E-state index < -0.39 is 78.5 Å². The Hall–Kier alpha value is -0.940. The smallest absolute Gasteiger partial charge is 0.394 e. The molecule has 1 aliphatic rings. The van der Waals surface area contributed by atoms with Gasteiger partial charge in [0, 0.05) is 0 Å². The number of carbonyl (C=O) groups is 1. The monoisotopic (exact) mass is 713 g/mol. The largest absolute Gasteiger partial charge is 0.397 e. The Kier molecular flexibility index (Phi) is 25.2. The summed E-state index contributed by atoms with van der Waals surface area (Å²) in [6.45, 7) is 3.18. The van der Waals surface area contributed by atoms with Gasteiger partial charge >= 0.3 is 10.4 Å². The van der Waals surface area contributed by atoms with E-state index in [4.69, 9.17) is 14.0 Å². The first-order chi connectivity index (χ1) is 22.9. The molecule has 0 aliphatic carbocycles. The molecule has 8 atom stereocenters. The van der Waals surface area contributed by atoms with E-state index in [1.165, 1.54) is 70.6 Å². The molecule has 0 aromatic heterocycles. The molecule has 0 bridgehead atoms. The second-order valence-corrected chi connectivity index (χ2v) is 14.4. The molecule has 7 N–H and O–H groups in total. The molecular weight excluding hydrogens is 646 g/mol. The first-order valence-electron chi connectivity index (χ1n) is 18.5. The van der Waals surface area contributed by atoms with Crippen molar-refractivity contribution in [3.8, 4) is 0 Å². The van der Waals surface area contributed by atoms with Crippen molar-refractivity contribution in [1.29, 1.82) is 0 Å². The Bertz CT molecular complexity index is 911. The fourth-order valence-electron chi connectivity index (χ4n) is 5.99. The van der Waals surface area contributed by atoms with Gasteiger partial charge in [0.1, 0.15) is 30.5 Å². The Morgan fingerprint density at radius 1 is 0.750 bits per heavy atom. The van der Waals surface area contributed by atoms with Crippen molar-refractivity contribution in [3.05, 3.63) is 0 Å². The topological polar surface area (TPSA) is 212 Å². The number of ether oxygens (including phenoxy) is 2. The van der Waals surface area contributed by atoms with Crippen molar-refractivity contribution in [3.63, 3.8) is 0 Å².